The Morgan fingerprint density at radius 2 is 2.00 bits per heavy atom. The first-order chi connectivity index (χ1) is 9.40. The molecule has 2 rings (SSSR count). The summed E-state index contributed by atoms with van der Waals surface area (Å²) in [6.07, 6.45) is 2.13. The molecule has 1 aliphatic heterocycles. The zero-order valence-corrected chi connectivity index (χ0v) is 12.7. The van der Waals surface area contributed by atoms with Crippen molar-refractivity contribution in [3.05, 3.63) is 22.7 Å². The van der Waals surface area contributed by atoms with Gasteiger partial charge in [-0.2, -0.15) is 0 Å². The van der Waals surface area contributed by atoms with Crippen molar-refractivity contribution in [2.45, 2.75) is 26.7 Å². The molecule has 0 spiro atoms. The first-order valence-electron chi connectivity index (χ1n) is 6.97. The molecule has 0 amide bonds. The maximum atomic E-state index is 11.4. The largest absolute Gasteiger partial charge is 0.478 e. The normalized spacial score (nSPS) is 16.7. The highest BCUT2D eigenvalue weighted by Crippen LogP contribution is 2.36. The standard InChI is InChI=1S/C15H21ClN2O2/c1-9(2)10-3-5-18(6-4-10)14-12(15(19)20)7-11(17)8-13(14)16/h7-10H,3-6,17H2,1-2H3,(H,19,20). The molecule has 0 unspecified atom stereocenters. The van der Waals surface area contributed by atoms with Gasteiger partial charge in [-0.05, 0) is 36.8 Å². The smallest absolute Gasteiger partial charge is 0.337 e. The predicted octanol–water partition coefficient (Wildman–Crippen LogP) is 3.49. The minimum atomic E-state index is -0.986. The first kappa shape index (κ1) is 15.0. The molecule has 1 aromatic carbocycles. The van der Waals surface area contributed by atoms with Gasteiger partial charge < -0.3 is 15.7 Å². The minimum absolute atomic E-state index is 0.193. The van der Waals surface area contributed by atoms with Crippen LogP contribution in [0.5, 0.6) is 0 Å². The molecule has 1 heterocycles. The number of rotatable bonds is 3. The van der Waals surface area contributed by atoms with E-state index >= 15 is 0 Å². The number of carboxylic acids is 1. The number of nitrogen functional groups attached to an aromatic ring is 1. The van der Waals surface area contributed by atoms with Gasteiger partial charge in [0.05, 0.1) is 16.3 Å². The number of nitrogens with zero attached hydrogens (tertiary/aromatic N) is 1. The van der Waals surface area contributed by atoms with Crippen LogP contribution in [0.25, 0.3) is 0 Å². The number of carboxylic acid groups (broad SMARTS) is 1. The quantitative estimate of drug-likeness (QED) is 0.838. The Hall–Kier alpha value is -1.42. The molecule has 0 aliphatic carbocycles. The second-order valence-electron chi connectivity index (χ2n) is 5.77. The summed E-state index contributed by atoms with van der Waals surface area (Å²) < 4.78 is 0. The van der Waals surface area contributed by atoms with E-state index in [0.717, 1.165) is 25.9 Å². The van der Waals surface area contributed by atoms with E-state index in [1.54, 1.807) is 6.07 Å². The van der Waals surface area contributed by atoms with Gasteiger partial charge in [-0.3, -0.25) is 0 Å². The summed E-state index contributed by atoms with van der Waals surface area (Å²) in [4.78, 5) is 13.5. The van der Waals surface area contributed by atoms with Crippen LogP contribution >= 0.6 is 11.6 Å². The Balaban J connectivity index is 2.28. The van der Waals surface area contributed by atoms with Crippen LogP contribution in [0.4, 0.5) is 11.4 Å². The van der Waals surface area contributed by atoms with Crippen LogP contribution in [0.1, 0.15) is 37.0 Å². The third-order valence-corrected chi connectivity index (χ3v) is 4.40. The zero-order valence-electron chi connectivity index (χ0n) is 11.9. The van der Waals surface area contributed by atoms with E-state index in [2.05, 4.69) is 18.7 Å². The molecule has 20 heavy (non-hydrogen) atoms. The van der Waals surface area contributed by atoms with E-state index < -0.39 is 5.97 Å². The SMILES string of the molecule is CC(C)C1CCN(c2c(Cl)cc(N)cc2C(=O)O)CC1. The molecule has 0 aromatic heterocycles. The topological polar surface area (TPSA) is 66.6 Å². The van der Waals surface area contributed by atoms with Gasteiger partial charge in [0.15, 0.2) is 0 Å². The van der Waals surface area contributed by atoms with E-state index in [1.165, 1.54) is 6.07 Å². The lowest BCUT2D eigenvalue weighted by Gasteiger charge is -2.36. The Kier molecular flexibility index (Phi) is 4.43. The number of halogens is 1. The lowest BCUT2D eigenvalue weighted by Crippen LogP contribution is -2.36. The van der Waals surface area contributed by atoms with Gasteiger partial charge in [0.25, 0.3) is 0 Å². The molecule has 110 valence electrons. The van der Waals surface area contributed by atoms with Gasteiger partial charge in [-0.15, -0.1) is 0 Å². The minimum Gasteiger partial charge on any atom is -0.478 e. The molecular weight excluding hydrogens is 276 g/mol. The Morgan fingerprint density at radius 1 is 1.40 bits per heavy atom. The molecule has 1 saturated heterocycles. The second-order valence-corrected chi connectivity index (χ2v) is 6.18. The third-order valence-electron chi connectivity index (χ3n) is 4.11. The van der Waals surface area contributed by atoms with Gasteiger partial charge >= 0.3 is 5.97 Å². The van der Waals surface area contributed by atoms with Crippen molar-refractivity contribution in [3.8, 4) is 0 Å². The van der Waals surface area contributed by atoms with Gasteiger partial charge in [0.2, 0.25) is 0 Å². The van der Waals surface area contributed by atoms with Crippen molar-refractivity contribution in [1.82, 2.24) is 0 Å². The van der Waals surface area contributed by atoms with E-state index in [-0.39, 0.29) is 5.56 Å². The number of anilines is 2. The summed E-state index contributed by atoms with van der Waals surface area (Å²) >= 11 is 6.23. The average molecular weight is 297 g/mol. The lowest BCUT2D eigenvalue weighted by atomic mass is 9.86. The van der Waals surface area contributed by atoms with Gasteiger partial charge in [-0.25, -0.2) is 4.79 Å². The molecule has 4 nitrogen and oxygen atoms in total. The molecule has 0 radical (unpaired) electrons. The number of benzene rings is 1. The maximum absolute atomic E-state index is 11.4. The van der Waals surface area contributed by atoms with Gasteiger partial charge in [0, 0.05) is 18.8 Å². The summed E-state index contributed by atoms with van der Waals surface area (Å²) in [5, 5.41) is 9.77. The average Bonchev–Trinajstić information content (AvgIpc) is 2.37. The fraction of sp³-hybridized carbons (Fsp3) is 0.533. The summed E-state index contributed by atoms with van der Waals surface area (Å²) in [6.45, 7) is 6.15. The van der Waals surface area contributed by atoms with E-state index in [1.807, 2.05) is 0 Å². The second kappa shape index (κ2) is 5.92. The van der Waals surface area contributed by atoms with Crippen LogP contribution in [-0.4, -0.2) is 24.2 Å². The fourth-order valence-corrected chi connectivity index (χ4v) is 3.24. The van der Waals surface area contributed by atoms with Crippen molar-refractivity contribution >= 4 is 28.9 Å². The summed E-state index contributed by atoms with van der Waals surface area (Å²) in [7, 11) is 0. The van der Waals surface area contributed by atoms with Gasteiger partial charge in [0.1, 0.15) is 0 Å². The maximum Gasteiger partial charge on any atom is 0.337 e. The highest BCUT2D eigenvalue weighted by molar-refractivity contribution is 6.34. The molecule has 1 aromatic rings. The molecule has 0 saturated carbocycles. The molecule has 0 bridgehead atoms. The number of aromatic carboxylic acids is 1. The van der Waals surface area contributed by atoms with Crippen LogP contribution in [0.3, 0.4) is 0 Å². The molecule has 1 aliphatic rings. The van der Waals surface area contributed by atoms with Crippen LogP contribution < -0.4 is 10.6 Å². The van der Waals surface area contributed by atoms with Crippen molar-refractivity contribution < 1.29 is 9.90 Å². The first-order valence-corrected chi connectivity index (χ1v) is 7.35. The summed E-state index contributed by atoms with van der Waals surface area (Å²) in [6, 6.07) is 3.11. The van der Waals surface area contributed by atoms with Crippen molar-refractivity contribution in [3.63, 3.8) is 0 Å². The summed E-state index contributed by atoms with van der Waals surface area (Å²) in [5.41, 5.74) is 6.87. The number of hydrogen-bond acceptors (Lipinski definition) is 3. The Bertz CT molecular complexity index is 509. The number of hydrogen-bond donors (Lipinski definition) is 2. The summed E-state index contributed by atoms with van der Waals surface area (Å²) in [5.74, 6) is 0.380. The zero-order chi connectivity index (χ0) is 14.9. The van der Waals surface area contributed by atoms with E-state index in [0.29, 0.717) is 28.2 Å². The monoisotopic (exact) mass is 296 g/mol. The molecule has 3 N–H and O–H groups in total. The predicted molar refractivity (Wildman–Crippen MR) is 82.6 cm³/mol. The number of nitrogens with two attached hydrogens (primary N) is 1. The van der Waals surface area contributed by atoms with Crippen molar-refractivity contribution in [2.24, 2.45) is 11.8 Å². The molecular formula is C15H21ClN2O2. The number of piperidine rings is 1. The Labute approximate surface area is 124 Å². The van der Waals surface area contributed by atoms with Crippen LogP contribution in [0.15, 0.2) is 12.1 Å². The highest BCUT2D eigenvalue weighted by atomic mass is 35.5. The molecule has 5 heteroatoms. The van der Waals surface area contributed by atoms with Gasteiger partial charge in [-0.1, -0.05) is 25.4 Å². The van der Waals surface area contributed by atoms with Crippen LogP contribution in [-0.2, 0) is 0 Å². The molecule has 0 atom stereocenters. The van der Waals surface area contributed by atoms with E-state index in [9.17, 15) is 9.90 Å². The third kappa shape index (κ3) is 3.01. The highest BCUT2D eigenvalue weighted by Gasteiger charge is 2.26. The van der Waals surface area contributed by atoms with Crippen molar-refractivity contribution in [2.75, 3.05) is 23.7 Å². The van der Waals surface area contributed by atoms with E-state index in [4.69, 9.17) is 17.3 Å². The Morgan fingerprint density at radius 3 is 2.50 bits per heavy atom. The number of carbonyl (C=O) groups is 1. The fourth-order valence-electron chi connectivity index (χ4n) is 2.89. The lowest BCUT2D eigenvalue weighted by molar-refractivity contribution is 0.0697. The van der Waals surface area contributed by atoms with Crippen LogP contribution in [0, 0.1) is 11.8 Å². The van der Waals surface area contributed by atoms with Crippen LogP contribution in [0.2, 0.25) is 5.02 Å². The van der Waals surface area contributed by atoms with Crippen molar-refractivity contribution in [1.29, 1.82) is 0 Å². The molecule has 1 fully saturated rings.